The fourth-order valence-corrected chi connectivity index (χ4v) is 5.80. The van der Waals surface area contributed by atoms with Crippen molar-refractivity contribution in [3.05, 3.63) is 58.0 Å². The summed E-state index contributed by atoms with van der Waals surface area (Å²) in [5.74, 6) is 1.72. The first-order valence-corrected chi connectivity index (χ1v) is 12.7. The predicted octanol–water partition coefficient (Wildman–Crippen LogP) is 6.85. The molecular weight excluding hydrogens is 462 g/mol. The van der Waals surface area contributed by atoms with Gasteiger partial charge in [0.25, 0.3) is 0 Å². The molecule has 1 fully saturated rings. The maximum Gasteiger partial charge on any atom is 0.411 e. The highest BCUT2D eigenvalue weighted by Gasteiger charge is 2.40. The van der Waals surface area contributed by atoms with Crippen molar-refractivity contribution < 1.29 is 14.3 Å². The highest BCUT2D eigenvalue weighted by molar-refractivity contribution is 6.30. The number of benzene rings is 2. The Kier molecular flexibility index (Phi) is 5.15. The van der Waals surface area contributed by atoms with Gasteiger partial charge >= 0.3 is 6.09 Å². The lowest BCUT2D eigenvalue weighted by Crippen LogP contribution is -2.40. The van der Waals surface area contributed by atoms with Crippen molar-refractivity contribution in [2.45, 2.75) is 77.7 Å². The zero-order chi connectivity index (χ0) is 24.5. The van der Waals surface area contributed by atoms with Gasteiger partial charge in [-0.1, -0.05) is 17.7 Å². The molecular formula is C28H30ClN3O3. The van der Waals surface area contributed by atoms with E-state index in [0.29, 0.717) is 6.61 Å². The summed E-state index contributed by atoms with van der Waals surface area (Å²) in [5, 5.41) is 0.726. The number of imidazole rings is 1. The Morgan fingerprint density at radius 1 is 1.11 bits per heavy atom. The second kappa shape index (κ2) is 8.02. The highest BCUT2D eigenvalue weighted by atomic mass is 35.5. The lowest BCUT2D eigenvalue weighted by Gasteiger charge is -2.30. The van der Waals surface area contributed by atoms with E-state index in [4.69, 9.17) is 26.1 Å². The van der Waals surface area contributed by atoms with Gasteiger partial charge in [0.1, 0.15) is 23.8 Å². The Labute approximate surface area is 210 Å². The first-order chi connectivity index (χ1) is 16.7. The lowest BCUT2D eigenvalue weighted by atomic mass is 9.87. The van der Waals surface area contributed by atoms with Crippen LogP contribution >= 0.6 is 11.6 Å². The predicted molar refractivity (Wildman–Crippen MR) is 136 cm³/mol. The third-order valence-electron chi connectivity index (χ3n) is 7.23. The molecule has 6 rings (SSSR count). The summed E-state index contributed by atoms with van der Waals surface area (Å²) in [6.07, 6.45) is 3.33. The average Bonchev–Trinajstić information content (AvgIpc) is 3.40. The second-order valence-electron chi connectivity index (χ2n) is 10.9. The van der Waals surface area contributed by atoms with Crippen LogP contribution in [0, 0.1) is 0 Å². The normalized spacial score (nSPS) is 20.4. The number of aryl methyl sites for hydroxylation is 2. The summed E-state index contributed by atoms with van der Waals surface area (Å²) >= 11 is 6.20. The molecule has 1 aliphatic carbocycles. The van der Waals surface area contributed by atoms with Crippen LogP contribution in [-0.4, -0.2) is 32.6 Å². The van der Waals surface area contributed by atoms with Crippen molar-refractivity contribution in [2.24, 2.45) is 0 Å². The number of aromatic nitrogens is 2. The number of amides is 1. The van der Waals surface area contributed by atoms with Crippen LogP contribution in [0.5, 0.6) is 5.75 Å². The summed E-state index contributed by atoms with van der Waals surface area (Å²) in [5.41, 5.74) is 7.35. The average molecular weight is 492 g/mol. The molecule has 0 saturated carbocycles. The Morgan fingerprint density at radius 3 is 2.74 bits per heavy atom. The molecule has 0 spiro atoms. The summed E-state index contributed by atoms with van der Waals surface area (Å²) < 4.78 is 11.9. The van der Waals surface area contributed by atoms with E-state index in [1.165, 1.54) is 11.1 Å². The zero-order valence-electron chi connectivity index (χ0n) is 20.6. The fraction of sp³-hybridized carbons (Fsp3) is 0.429. The van der Waals surface area contributed by atoms with E-state index in [1.807, 2.05) is 37.8 Å². The minimum atomic E-state index is -0.533. The minimum Gasteiger partial charge on any atom is -0.488 e. The summed E-state index contributed by atoms with van der Waals surface area (Å²) in [6.45, 7) is 8.29. The molecule has 0 unspecified atom stereocenters. The molecule has 0 radical (unpaired) electrons. The Balaban J connectivity index is 1.36. The van der Waals surface area contributed by atoms with Crippen molar-refractivity contribution in [2.75, 3.05) is 0 Å². The molecule has 35 heavy (non-hydrogen) atoms. The molecule has 1 N–H and O–H groups in total. The molecule has 7 heteroatoms. The number of ether oxygens (including phenoxy) is 2. The number of fused-ring (bicyclic) bond motifs is 6. The van der Waals surface area contributed by atoms with Crippen LogP contribution in [-0.2, 0) is 24.2 Å². The number of H-pyrrole nitrogens is 1. The number of halogens is 1. The SMILES string of the molecule is C[C@H]1CC[C@@H](c2nc3c([nH]2)CCc2cc4c(cc2-3)OCc2cc(Cl)ccc2-4)N1C(=O)OC(C)(C)C. The quantitative estimate of drug-likeness (QED) is 0.404. The smallest absolute Gasteiger partial charge is 0.411 e. The van der Waals surface area contributed by atoms with E-state index in [2.05, 4.69) is 30.1 Å². The topological polar surface area (TPSA) is 67.5 Å². The van der Waals surface area contributed by atoms with Crippen LogP contribution in [0.2, 0.25) is 5.02 Å². The van der Waals surface area contributed by atoms with Gasteiger partial charge in [0.2, 0.25) is 0 Å². The first-order valence-electron chi connectivity index (χ1n) is 12.4. The Bertz CT molecular complexity index is 1340. The van der Waals surface area contributed by atoms with Gasteiger partial charge in [-0.15, -0.1) is 0 Å². The van der Waals surface area contributed by atoms with E-state index in [-0.39, 0.29) is 18.2 Å². The molecule has 2 aliphatic heterocycles. The number of nitrogens with zero attached hydrogens (tertiary/aromatic N) is 2. The number of carbonyl (C=O) groups excluding carboxylic acids is 1. The van der Waals surface area contributed by atoms with Gasteiger partial charge in [0.15, 0.2) is 0 Å². The van der Waals surface area contributed by atoms with E-state index in [0.717, 1.165) is 70.4 Å². The number of likely N-dealkylation sites (tertiary alicyclic amines) is 1. The van der Waals surface area contributed by atoms with Crippen molar-refractivity contribution in [1.82, 2.24) is 14.9 Å². The standard InChI is InChI=1S/C28H30ClN3O3/c1-15-5-10-23(32(15)27(33)35-28(2,3)4)26-30-22-9-6-16-12-21-19-8-7-18(29)11-17(19)14-34-24(21)13-20(16)25(22)31-26/h7-8,11-13,15,23H,5-6,9-10,14H2,1-4H3,(H,30,31)/t15-,23-/m0/s1. The monoisotopic (exact) mass is 491 g/mol. The number of hydrogen-bond donors (Lipinski definition) is 1. The number of hydrogen-bond acceptors (Lipinski definition) is 4. The molecule has 1 saturated heterocycles. The van der Waals surface area contributed by atoms with Gasteiger partial charge in [0.05, 0.1) is 11.7 Å². The number of rotatable bonds is 1. The molecule has 1 aromatic heterocycles. The van der Waals surface area contributed by atoms with Crippen LogP contribution in [0.1, 0.15) is 69.2 Å². The summed E-state index contributed by atoms with van der Waals surface area (Å²) in [7, 11) is 0. The first kappa shape index (κ1) is 22.5. The second-order valence-corrected chi connectivity index (χ2v) is 11.3. The molecule has 0 bridgehead atoms. The van der Waals surface area contributed by atoms with Crippen molar-refractivity contribution in [3.63, 3.8) is 0 Å². The molecule has 1 amide bonds. The van der Waals surface area contributed by atoms with Crippen molar-refractivity contribution in [1.29, 1.82) is 0 Å². The lowest BCUT2D eigenvalue weighted by molar-refractivity contribution is 0.0151. The number of nitrogens with one attached hydrogen (secondary N) is 1. The van der Waals surface area contributed by atoms with Gasteiger partial charge < -0.3 is 14.5 Å². The van der Waals surface area contributed by atoms with Crippen LogP contribution < -0.4 is 4.74 Å². The Hall–Kier alpha value is -2.99. The van der Waals surface area contributed by atoms with E-state index < -0.39 is 5.60 Å². The molecule has 6 nitrogen and oxygen atoms in total. The van der Waals surface area contributed by atoms with Crippen LogP contribution in [0.4, 0.5) is 4.79 Å². The van der Waals surface area contributed by atoms with Crippen LogP contribution in [0.25, 0.3) is 22.4 Å². The summed E-state index contributed by atoms with van der Waals surface area (Å²) in [6, 6.07) is 10.4. The maximum atomic E-state index is 13.0. The highest BCUT2D eigenvalue weighted by Crippen LogP contribution is 2.45. The largest absolute Gasteiger partial charge is 0.488 e. The van der Waals surface area contributed by atoms with E-state index in [1.54, 1.807) is 0 Å². The fourth-order valence-electron chi connectivity index (χ4n) is 5.61. The van der Waals surface area contributed by atoms with E-state index >= 15 is 0 Å². The molecule has 182 valence electrons. The number of aromatic amines is 1. The van der Waals surface area contributed by atoms with Crippen LogP contribution in [0.15, 0.2) is 30.3 Å². The summed E-state index contributed by atoms with van der Waals surface area (Å²) in [4.78, 5) is 23.5. The van der Waals surface area contributed by atoms with Crippen molar-refractivity contribution >= 4 is 17.7 Å². The van der Waals surface area contributed by atoms with Gasteiger partial charge in [0, 0.05) is 27.9 Å². The van der Waals surface area contributed by atoms with Gasteiger partial charge in [-0.25, -0.2) is 9.78 Å². The molecule has 3 aliphatic rings. The van der Waals surface area contributed by atoms with Crippen molar-refractivity contribution in [3.8, 4) is 28.1 Å². The van der Waals surface area contributed by atoms with E-state index in [9.17, 15) is 4.79 Å². The molecule has 3 aromatic rings. The van der Waals surface area contributed by atoms with Gasteiger partial charge in [-0.3, -0.25) is 4.90 Å². The third-order valence-corrected chi connectivity index (χ3v) is 7.47. The minimum absolute atomic E-state index is 0.109. The number of carbonyl (C=O) groups is 1. The Morgan fingerprint density at radius 2 is 1.94 bits per heavy atom. The molecule has 2 atom stereocenters. The molecule has 2 aromatic carbocycles. The van der Waals surface area contributed by atoms with Gasteiger partial charge in [-0.2, -0.15) is 0 Å². The van der Waals surface area contributed by atoms with Gasteiger partial charge in [-0.05, 0) is 94.3 Å². The van der Waals surface area contributed by atoms with Crippen LogP contribution in [0.3, 0.4) is 0 Å². The third kappa shape index (κ3) is 3.88. The maximum absolute atomic E-state index is 13.0. The zero-order valence-corrected chi connectivity index (χ0v) is 21.3. The molecule has 3 heterocycles.